The second-order valence-electron chi connectivity index (χ2n) is 9.37. The minimum Gasteiger partial charge on any atom is -0.467 e. The third kappa shape index (κ3) is 4.20. The van der Waals surface area contributed by atoms with Gasteiger partial charge >= 0.3 is 12.0 Å². The Morgan fingerprint density at radius 3 is 2.18 bits per heavy atom. The highest BCUT2D eigenvalue weighted by Gasteiger charge is 2.57. The van der Waals surface area contributed by atoms with Crippen molar-refractivity contribution in [1.82, 2.24) is 9.21 Å². The third-order valence-electron chi connectivity index (χ3n) is 7.11. The number of hydrogen-bond acceptors (Lipinski definition) is 5. The van der Waals surface area contributed by atoms with E-state index in [1.54, 1.807) is 49.4 Å². The smallest absolute Gasteiger partial charge is 0.335 e. The Kier molecular flexibility index (Phi) is 6.67. The molecule has 194 valence electrons. The van der Waals surface area contributed by atoms with Crippen LogP contribution in [-0.2, 0) is 19.6 Å². The maximum Gasteiger partial charge on any atom is 0.335 e. The Hall–Kier alpha value is -4.17. The van der Waals surface area contributed by atoms with E-state index >= 15 is 0 Å². The minimum absolute atomic E-state index is 0.0272. The van der Waals surface area contributed by atoms with Gasteiger partial charge in [0.1, 0.15) is 6.04 Å². The molecule has 38 heavy (non-hydrogen) atoms. The lowest BCUT2D eigenvalue weighted by molar-refractivity contribution is -0.146. The molecule has 0 aromatic heterocycles. The van der Waals surface area contributed by atoms with Gasteiger partial charge in [0.2, 0.25) is 0 Å². The first-order chi connectivity index (χ1) is 18.3. The molecule has 1 fully saturated rings. The number of aryl methyl sites for hydroxylation is 1. The molecule has 2 amide bonds. The topological polar surface area (TPSA) is 84.0 Å². The van der Waals surface area contributed by atoms with Gasteiger partial charge in [-0.05, 0) is 47.9 Å². The van der Waals surface area contributed by atoms with Crippen LogP contribution in [-0.4, -0.2) is 42.8 Å². The zero-order valence-corrected chi connectivity index (χ0v) is 22.1. The Morgan fingerprint density at radius 1 is 0.868 bits per heavy atom. The maximum absolute atomic E-state index is 14.2. The van der Waals surface area contributed by atoms with E-state index < -0.39 is 40.1 Å². The van der Waals surface area contributed by atoms with Crippen molar-refractivity contribution >= 4 is 32.8 Å². The molecule has 0 radical (unpaired) electrons. The molecule has 0 saturated carbocycles. The summed E-state index contributed by atoms with van der Waals surface area (Å²) in [6, 6.07) is 24.8. The van der Waals surface area contributed by atoms with Gasteiger partial charge in [-0.2, -0.15) is 0 Å². The molecule has 4 aromatic carbocycles. The van der Waals surface area contributed by atoms with E-state index in [9.17, 15) is 18.0 Å². The number of esters is 1. The molecule has 8 heteroatoms. The fourth-order valence-corrected chi connectivity index (χ4v) is 6.75. The zero-order valence-electron chi connectivity index (χ0n) is 21.3. The molecule has 1 aliphatic heterocycles. The average Bonchev–Trinajstić information content (AvgIpc) is 3.26. The number of ether oxygens (including phenoxy) is 1. The van der Waals surface area contributed by atoms with E-state index in [0.29, 0.717) is 5.56 Å². The molecule has 1 heterocycles. The van der Waals surface area contributed by atoms with Gasteiger partial charge < -0.3 is 9.64 Å². The lowest BCUT2D eigenvalue weighted by Gasteiger charge is -2.30. The first-order valence-corrected chi connectivity index (χ1v) is 13.7. The molecule has 1 saturated heterocycles. The first-order valence-electron chi connectivity index (χ1n) is 12.3. The van der Waals surface area contributed by atoms with Crippen molar-refractivity contribution in [3.63, 3.8) is 0 Å². The van der Waals surface area contributed by atoms with E-state index in [0.717, 1.165) is 26.2 Å². The van der Waals surface area contributed by atoms with Crippen LogP contribution in [0.2, 0.25) is 0 Å². The normalized spacial score (nSPS) is 18.6. The average molecular weight is 529 g/mol. The number of rotatable bonds is 6. The number of carbonyl (C=O) groups excluding carboxylic acids is 2. The van der Waals surface area contributed by atoms with Crippen molar-refractivity contribution in [3.8, 4) is 0 Å². The molecule has 5 rings (SSSR count). The van der Waals surface area contributed by atoms with Gasteiger partial charge in [-0.3, -0.25) is 0 Å². The summed E-state index contributed by atoms with van der Waals surface area (Å²) in [5.74, 6) is -0.694. The van der Waals surface area contributed by atoms with Crippen molar-refractivity contribution in [2.24, 2.45) is 0 Å². The number of sulfonamides is 1. The summed E-state index contributed by atoms with van der Waals surface area (Å²) in [4.78, 5) is 28.9. The summed E-state index contributed by atoms with van der Waals surface area (Å²) in [6.45, 7) is 3.66. The van der Waals surface area contributed by atoms with Crippen LogP contribution in [0.15, 0.2) is 102 Å². The standard InChI is InChI=1S/C30H28N2O5S/c1-20-16-18-24(19-17-20)38(35,36)32-27(23-11-5-4-6-12-23)28(29(33)37-3)31(30(32)34)21(2)25-15-9-13-22-10-7-8-14-26(22)25/h4-19,21,27-28H,1-3H3/t21-,27?,28?/m1/s1. The van der Waals surface area contributed by atoms with Gasteiger partial charge in [0, 0.05) is 0 Å². The van der Waals surface area contributed by atoms with Crippen LogP contribution in [0.4, 0.5) is 4.79 Å². The van der Waals surface area contributed by atoms with E-state index in [4.69, 9.17) is 4.74 Å². The zero-order chi connectivity index (χ0) is 27.0. The summed E-state index contributed by atoms with van der Waals surface area (Å²) in [5, 5.41) is 1.89. The fraction of sp³-hybridized carbons (Fsp3) is 0.200. The maximum atomic E-state index is 14.2. The highest BCUT2D eigenvalue weighted by molar-refractivity contribution is 7.89. The van der Waals surface area contributed by atoms with Crippen molar-refractivity contribution in [2.75, 3.05) is 7.11 Å². The van der Waals surface area contributed by atoms with Gasteiger partial charge in [-0.15, -0.1) is 0 Å². The summed E-state index contributed by atoms with van der Waals surface area (Å²) in [5.41, 5.74) is 2.20. The molecule has 4 aromatic rings. The van der Waals surface area contributed by atoms with Crippen LogP contribution in [0.25, 0.3) is 10.8 Å². The van der Waals surface area contributed by atoms with E-state index in [2.05, 4.69) is 0 Å². The summed E-state index contributed by atoms with van der Waals surface area (Å²) < 4.78 is 34.1. The van der Waals surface area contributed by atoms with Gasteiger partial charge in [0.25, 0.3) is 10.0 Å². The lowest BCUT2D eigenvalue weighted by Crippen LogP contribution is -2.42. The predicted molar refractivity (Wildman–Crippen MR) is 145 cm³/mol. The molecule has 0 bridgehead atoms. The van der Waals surface area contributed by atoms with E-state index in [-0.39, 0.29) is 4.90 Å². The minimum atomic E-state index is -4.33. The number of benzene rings is 4. The quantitative estimate of drug-likeness (QED) is 0.304. The van der Waals surface area contributed by atoms with Gasteiger partial charge in [0.05, 0.1) is 18.0 Å². The Labute approximate surface area is 222 Å². The number of nitrogens with zero attached hydrogens (tertiary/aromatic N) is 2. The van der Waals surface area contributed by atoms with Gasteiger partial charge in [-0.25, -0.2) is 22.3 Å². The molecule has 7 nitrogen and oxygen atoms in total. The molecular formula is C30H28N2O5S. The largest absolute Gasteiger partial charge is 0.467 e. The molecule has 2 unspecified atom stereocenters. The molecule has 0 spiro atoms. The Bertz CT molecular complexity index is 1600. The summed E-state index contributed by atoms with van der Waals surface area (Å²) in [6.07, 6.45) is 0. The van der Waals surface area contributed by atoms with Crippen LogP contribution in [0, 0.1) is 6.92 Å². The van der Waals surface area contributed by atoms with E-state index in [1.165, 1.54) is 24.1 Å². The van der Waals surface area contributed by atoms with Gasteiger partial charge in [0.15, 0.2) is 6.04 Å². The van der Waals surface area contributed by atoms with Crippen LogP contribution >= 0.6 is 0 Å². The number of hydrogen-bond donors (Lipinski definition) is 0. The molecule has 0 N–H and O–H groups in total. The number of carbonyl (C=O) groups is 2. The number of amides is 2. The molecular weight excluding hydrogens is 500 g/mol. The van der Waals surface area contributed by atoms with Gasteiger partial charge in [-0.1, -0.05) is 90.5 Å². The lowest BCUT2D eigenvalue weighted by atomic mass is 9.95. The molecule has 0 aliphatic carbocycles. The van der Waals surface area contributed by atoms with Crippen molar-refractivity contribution in [3.05, 3.63) is 114 Å². The number of methoxy groups -OCH3 is 1. The molecule has 1 aliphatic rings. The fourth-order valence-electron chi connectivity index (χ4n) is 5.21. The second kappa shape index (κ2) is 9.95. The predicted octanol–water partition coefficient (Wildman–Crippen LogP) is 5.62. The number of fused-ring (bicyclic) bond motifs is 1. The van der Waals surface area contributed by atoms with Crippen molar-refractivity contribution in [2.45, 2.75) is 36.9 Å². The van der Waals surface area contributed by atoms with Crippen LogP contribution in [0.3, 0.4) is 0 Å². The monoisotopic (exact) mass is 528 g/mol. The van der Waals surface area contributed by atoms with Crippen LogP contribution < -0.4 is 0 Å². The summed E-state index contributed by atoms with van der Waals surface area (Å²) >= 11 is 0. The second-order valence-corrected chi connectivity index (χ2v) is 11.2. The Balaban J connectivity index is 1.72. The molecule has 3 atom stereocenters. The van der Waals surface area contributed by atoms with Crippen molar-refractivity contribution < 1.29 is 22.7 Å². The highest BCUT2D eigenvalue weighted by atomic mass is 32.2. The first kappa shape index (κ1) is 25.5. The third-order valence-corrected chi connectivity index (χ3v) is 8.88. The highest BCUT2D eigenvalue weighted by Crippen LogP contribution is 2.44. The van der Waals surface area contributed by atoms with Crippen LogP contribution in [0.1, 0.15) is 35.7 Å². The van der Waals surface area contributed by atoms with Crippen molar-refractivity contribution in [1.29, 1.82) is 0 Å². The SMILES string of the molecule is COC(=O)C1C(c2ccccc2)N(S(=O)(=O)c2ccc(C)cc2)C(=O)N1[C@H](C)c1cccc2ccccc12. The summed E-state index contributed by atoms with van der Waals surface area (Å²) in [7, 11) is -3.09. The number of urea groups is 1. The van der Waals surface area contributed by atoms with E-state index in [1.807, 2.05) is 49.4 Å². The van der Waals surface area contributed by atoms with Crippen LogP contribution in [0.5, 0.6) is 0 Å². The Morgan fingerprint density at radius 2 is 1.50 bits per heavy atom.